The molecule has 2 aromatic rings. The van der Waals surface area contributed by atoms with E-state index in [9.17, 15) is 0 Å². The lowest BCUT2D eigenvalue weighted by atomic mass is 9.87. The van der Waals surface area contributed by atoms with E-state index in [4.69, 9.17) is 0 Å². The molecule has 3 heteroatoms. The SMILES string of the molecule is Cc1nccn1CCCN(C)[C@H]1CCCc2ccccc21. The highest BCUT2D eigenvalue weighted by Crippen LogP contribution is 2.33. The van der Waals surface area contributed by atoms with Crippen LogP contribution in [0.5, 0.6) is 0 Å². The Kier molecular flexibility index (Phi) is 4.39. The molecule has 1 aromatic carbocycles. The molecule has 112 valence electrons. The first kappa shape index (κ1) is 14.3. The topological polar surface area (TPSA) is 21.1 Å². The molecule has 3 rings (SSSR count). The summed E-state index contributed by atoms with van der Waals surface area (Å²) < 4.78 is 2.24. The average molecular weight is 283 g/mol. The van der Waals surface area contributed by atoms with E-state index in [1.165, 1.54) is 25.7 Å². The minimum atomic E-state index is 0.596. The third-order valence-electron chi connectivity index (χ3n) is 4.70. The molecule has 1 atom stereocenters. The van der Waals surface area contributed by atoms with E-state index < -0.39 is 0 Å². The summed E-state index contributed by atoms with van der Waals surface area (Å²) in [5.41, 5.74) is 3.09. The van der Waals surface area contributed by atoms with Gasteiger partial charge in [-0.3, -0.25) is 4.90 Å². The van der Waals surface area contributed by atoms with E-state index in [-0.39, 0.29) is 0 Å². The fraction of sp³-hybridized carbons (Fsp3) is 0.500. The minimum Gasteiger partial charge on any atom is -0.335 e. The molecule has 3 nitrogen and oxygen atoms in total. The monoisotopic (exact) mass is 283 g/mol. The number of fused-ring (bicyclic) bond motifs is 1. The quantitative estimate of drug-likeness (QED) is 0.836. The van der Waals surface area contributed by atoms with Crippen LogP contribution in [-0.4, -0.2) is 28.0 Å². The Morgan fingerprint density at radius 2 is 2.19 bits per heavy atom. The van der Waals surface area contributed by atoms with Crippen LogP contribution in [0.3, 0.4) is 0 Å². The van der Waals surface area contributed by atoms with E-state index in [2.05, 4.69) is 58.9 Å². The van der Waals surface area contributed by atoms with Gasteiger partial charge in [0.2, 0.25) is 0 Å². The maximum absolute atomic E-state index is 4.28. The number of nitrogens with zero attached hydrogens (tertiary/aromatic N) is 3. The van der Waals surface area contributed by atoms with Crippen LogP contribution in [0.2, 0.25) is 0 Å². The molecule has 0 radical (unpaired) electrons. The third-order valence-corrected chi connectivity index (χ3v) is 4.70. The Labute approximate surface area is 127 Å². The molecule has 21 heavy (non-hydrogen) atoms. The van der Waals surface area contributed by atoms with Gasteiger partial charge in [-0.1, -0.05) is 24.3 Å². The van der Waals surface area contributed by atoms with Crippen molar-refractivity contribution in [2.75, 3.05) is 13.6 Å². The van der Waals surface area contributed by atoms with Gasteiger partial charge in [-0.2, -0.15) is 0 Å². The maximum atomic E-state index is 4.28. The summed E-state index contributed by atoms with van der Waals surface area (Å²) in [4.78, 5) is 6.82. The zero-order valence-corrected chi connectivity index (χ0v) is 13.1. The van der Waals surface area contributed by atoms with Gasteiger partial charge in [-0.05, 0) is 50.8 Å². The summed E-state index contributed by atoms with van der Waals surface area (Å²) in [6, 6.07) is 9.56. The van der Waals surface area contributed by atoms with Crippen molar-refractivity contribution in [2.24, 2.45) is 0 Å². The first-order valence-corrected chi connectivity index (χ1v) is 8.01. The van der Waals surface area contributed by atoms with E-state index >= 15 is 0 Å². The summed E-state index contributed by atoms with van der Waals surface area (Å²) >= 11 is 0. The molecule has 0 unspecified atom stereocenters. The number of hydrogen-bond acceptors (Lipinski definition) is 2. The molecule has 0 amide bonds. The van der Waals surface area contributed by atoms with Gasteiger partial charge in [0.1, 0.15) is 5.82 Å². The first-order chi connectivity index (χ1) is 10.3. The second-order valence-corrected chi connectivity index (χ2v) is 6.11. The fourth-order valence-electron chi connectivity index (χ4n) is 3.47. The molecule has 1 aliphatic rings. The number of benzene rings is 1. The van der Waals surface area contributed by atoms with Crippen LogP contribution in [0.15, 0.2) is 36.7 Å². The van der Waals surface area contributed by atoms with Crippen LogP contribution in [-0.2, 0) is 13.0 Å². The van der Waals surface area contributed by atoms with Gasteiger partial charge < -0.3 is 4.57 Å². The molecule has 1 heterocycles. The molecule has 0 bridgehead atoms. The zero-order valence-electron chi connectivity index (χ0n) is 13.1. The van der Waals surface area contributed by atoms with Crippen LogP contribution in [0.1, 0.15) is 42.3 Å². The molecule has 0 saturated carbocycles. The Balaban J connectivity index is 1.59. The van der Waals surface area contributed by atoms with Crippen molar-refractivity contribution in [1.29, 1.82) is 0 Å². The van der Waals surface area contributed by atoms with Gasteiger partial charge >= 0.3 is 0 Å². The van der Waals surface area contributed by atoms with Crippen molar-refractivity contribution < 1.29 is 0 Å². The zero-order chi connectivity index (χ0) is 14.7. The van der Waals surface area contributed by atoms with Crippen molar-refractivity contribution in [1.82, 2.24) is 14.5 Å². The van der Waals surface area contributed by atoms with Crippen molar-refractivity contribution >= 4 is 0 Å². The second-order valence-electron chi connectivity index (χ2n) is 6.11. The van der Waals surface area contributed by atoms with E-state index in [0.717, 1.165) is 18.9 Å². The molecule has 0 saturated heterocycles. The largest absolute Gasteiger partial charge is 0.335 e. The lowest BCUT2D eigenvalue weighted by Gasteiger charge is -2.33. The predicted octanol–water partition coefficient (Wildman–Crippen LogP) is 3.59. The summed E-state index contributed by atoms with van der Waals surface area (Å²) in [6.07, 6.45) is 8.98. The number of hydrogen-bond donors (Lipinski definition) is 0. The predicted molar refractivity (Wildman–Crippen MR) is 86.3 cm³/mol. The maximum Gasteiger partial charge on any atom is 0.105 e. The van der Waals surface area contributed by atoms with Gasteiger partial charge in [-0.15, -0.1) is 0 Å². The Morgan fingerprint density at radius 1 is 1.33 bits per heavy atom. The molecule has 1 aliphatic carbocycles. The van der Waals surface area contributed by atoms with Crippen LogP contribution in [0, 0.1) is 6.92 Å². The number of rotatable bonds is 5. The number of imidazole rings is 1. The van der Waals surface area contributed by atoms with E-state index in [0.29, 0.717) is 6.04 Å². The number of aryl methyl sites for hydroxylation is 3. The van der Waals surface area contributed by atoms with Crippen LogP contribution in [0.25, 0.3) is 0 Å². The van der Waals surface area contributed by atoms with Crippen LogP contribution in [0.4, 0.5) is 0 Å². The average Bonchev–Trinajstić information content (AvgIpc) is 2.92. The lowest BCUT2D eigenvalue weighted by Crippen LogP contribution is -2.29. The van der Waals surface area contributed by atoms with Crippen molar-refractivity contribution in [2.45, 2.75) is 45.2 Å². The molecular weight excluding hydrogens is 258 g/mol. The third kappa shape index (κ3) is 3.18. The Hall–Kier alpha value is -1.61. The van der Waals surface area contributed by atoms with Gasteiger partial charge in [0, 0.05) is 31.5 Å². The molecule has 0 fully saturated rings. The molecule has 0 N–H and O–H groups in total. The van der Waals surface area contributed by atoms with Crippen molar-refractivity contribution in [3.8, 4) is 0 Å². The standard InChI is InChI=1S/C18H25N3/c1-15-19-11-14-21(15)13-6-12-20(2)18-10-5-8-16-7-3-4-9-17(16)18/h3-4,7,9,11,14,18H,5-6,8,10,12-13H2,1-2H3/t18-/m0/s1. The van der Waals surface area contributed by atoms with Gasteiger partial charge in [0.25, 0.3) is 0 Å². The normalized spacial score (nSPS) is 18.0. The fourth-order valence-corrected chi connectivity index (χ4v) is 3.47. The summed E-state index contributed by atoms with van der Waals surface area (Å²) in [5, 5.41) is 0. The van der Waals surface area contributed by atoms with Gasteiger partial charge in [-0.25, -0.2) is 4.98 Å². The highest BCUT2D eigenvalue weighted by molar-refractivity contribution is 5.32. The van der Waals surface area contributed by atoms with Gasteiger partial charge in [0.15, 0.2) is 0 Å². The van der Waals surface area contributed by atoms with Crippen LogP contribution < -0.4 is 0 Å². The smallest absolute Gasteiger partial charge is 0.105 e. The van der Waals surface area contributed by atoms with Crippen molar-refractivity contribution in [3.63, 3.8) is 0 Å². The van der Waals surface area contributed by atoms with Crippen molar-refractivity contribution in [3.05, 3.63) is 53.6 Å². The lowest BCUT2D eigenvalue weighted by molar-refractivity contribution is 0.215. The first-order valence-electron chi connectivity index (χ1n) is 8.01. The summed E-state index contributed by atoms with van der Waals surface area (Å²) in [5.74, 6) is 1.11. The Bertz CT molecular complexity index is 588. The number of aromatic nitrogens is 2. The second kappa shape index (κ2) is 6.44. The summed E-state index contributed by atoms with van der Waals surface area (Å²) in [7, 11) is 2.27. The molecule has 1 aromatic heterocycles. The van der Waals surface area contributed by atoms with Gasteiger partial charge in [0.05, 0.1) is 0 Å². The molecule has 0 spiro atoms. The minimum absolute atomic E-state index is 0.596. The van der Waals surface area contributed by atoms with Crippen LogP contribution >= 0.6 is 0 Å². The highest BCUT2D eigenvalue weighted by Gasteiger charge is 2.22. The van der Waals surface area contributed by atoms with E-state index in [1.807, 2.05) is 6.20 Å². The highest BCUT2D eigenvalue weighted by atomic mass is 15.1. The molecule has 0 aliphatic heterocycles. The summed E-state index contributed by atoms with van der Waals surface area (Å²) in [6.45, 7) is 4.27. The Morgan fingerprint density at radius 3 is 3.00 bits per heavy atom. The van der Waals surface area contributed by atoms with E-state index in [1.54, 1.807) is 11.1 Å². The molecular formula is C18H25N3.